The summed E-state index contributed by atoms with van der Waals surface area (Å²) < 4.78 is 7.70. The largest absolute Gasteiger partial charge is 0.494 e. The lowest BCUT2D eigenvalue weighted by atomic mass is 10.3. The highest BCUT2D eigenvalue weighted by atomic mass is 16.5. The van der Waals surface area contributed by atoms with Crippen LogP contribution in [0.5, 0.6) is 5.75 Å². The molecular formula is C18H21N3O. The summed E-state index contributed by atoms with van der Waals surface area (Å²) in [4.78, 5) is 4.71. The number of ether oxygens (including phenoxy) is 1. The lowest BCUT2D eigenvalue weighted by molar-refractivity contribution is 0.340. The average molecular weight is 295 g/mol. The van der Waals surface area contributed by atoms with Crippen LogP contribution in [0.1, 0.15) is 20.3 Å². The number of fused-ring (bicyclic) bond motifs is 1. The number of benzene rings is 2. The smallest absolute Gasteiger partial charge is 0.208 e. The number of hydrogen-bond acceptors (Lipinski definition) is 3. The lowest BCUT2D eigenvalue weighted by Crippen LogP contribution is -2.03. The van der Waals surface area contributed by atoms with E-state index in [9.17, 15) is 0 Å². The molecule has 0 fully saturated rings. The molecule has 3 aromatic rings. The van der Waals surface area contributed by atoms with Crippen LogP contribution in [0, 0.1) is 0 Å². The maximum absolute atomic E-state index is 5.47. The molecule has 1 aromatic heterocycles. The van der Waals surface area contributed by atoms with Gasteiger partial charge in [0.05, 0.1) is 17.6 Å². The molecule has 4 heteroatoms. The fourth-order valence-corrected chi connectivity index (χ4v) is 2.55. The topological polar surface area (TPSA) is 39.1 Å². The first-order valence-electron chi connectivity index (χ1n) is 7.77. The third-order valence-corrected chi connectivity index (χ3v) is 3.52. The molecule has 0 aliphatic carbocycles. The summed E-state index contributed by atoms with van der Waals surface area (Å²) >= 11 is 0. The minimum Gasteiger partial charge on any atom is -0.494 e. The predicted molar refractivity (Wildman–Crippen MR) is 90.9 cm³/mol. The molecule has 0 spiro atoms. The van der Waals surface area contributed by atoms with Crippen molar-refractivity contribution in [3.63, 3.8) is 0 Å². The van der Waals surface area contributed by atoms with Gasteiger partial charge >= 0.3 is 0 Å². The number of hydrogen-bond donors (Lipinski definition) is 1. The molecule has 0 bridgehead atoms. The number of nitrogens with one attached hydrogen (secondary N) is 1. The van der Waals surface area contributed by atoms with E-state index < -0.39 is 0 Å². The first-order valence-corrected chi connectivity index (χ1v) is 7.77. The summed E-state index contributed by atoms with van der Waals surface area (Å²) in [5.41, 5.74) is 3.19. The van der Waals surface area contributed by atoms with Crippen molar-refractivity contribution in [3.05, 3.63) is 48.5 Å². The summed E-state index contributed by atoms with van der Waals surface area (Å²) in [5.74, 6) is 1.77. The Morgan fingerprint density at radius 3 is 2.55 bits per heavy atom. The number of para-hydroxylation sites is 2. The molecule has 22 heavy (non-hydrogen) atoms. The number of aryl methyl sites for hydroxylation is 1. The highest BCUT2D eigenvalue weighted by Gasteiger charge is 2.09. The van der Waals surface area contributed by atoms with E-state index in [4.69, 9.17) is 9.72 Å². The molecule has 3 rings (SSSR count). The van der Waals surface area contributed by atoms with Gasteiger partial charge < -0.3 is 14.6 Å². The van der Waals surface area contributed by atoms with Crippen LogP contribution in [0.15, 0.2) is 48.5 Å². The van der Waals surface area contributed by atoms with Crippen molar-refractivity contribution in [1.82, 2.24) is 9.55 Å². The molecule has 1 heterocycles. The second kappa shape index (κ2) is 6.52. The van der Waals surface area contributed by atoms with Gasteiger partial charge in [0.15, 0.2) is 0 Å². The van der Waals surface area contributed by atoms with Crippen LogP contribution in [-0.2, 0) is 6.54 Å². The summed E-state index contributed by atoms with van der Waals surface area (Å²) in [6.45, 7) is 5.79. The van der Waals surface area contributed by atoms with Crippen LogP contribution in [0.3, 0.4) is 0 Å². The van der Waals surface area contributed by atoms with Crippen molar-refractivity contribution >= 4 is 22.7 Å². The Kier molecular flexibility index (Phi) is 4.28. The minimum atomic E-state index is 0.680. The molecule has 0 saturated carbocycles. The quantitative estimate of drug-likeness (QED) is 0.723. The number of imidazole rings is 1. The third-order valence-electron chi connectivity index (χ3n) is 3.52. The predicted octanol–water partition coefficient (Wildman–Crippen LogP) is 4.59. The van der Waals surface area contributed by atoms with Crippen molar-refractivity contribution in [3.8, 4) is 5.75 Å². The van der Waals surface area contributed by atoms with E-state index >= 15 is 0 Å². The van der Waals surface area contributed by atoms with Crippen molar-refractivity contribution in [2.75, 3.05) is 11.9 Å². The van der Waals surface area contributed by atoms with Crippen molar-refractivity contribution < 1.29 is 4.74 Å². The highest BCUT2D eigenvalue weighted by molar-refractivity contribution is 5.79. The Morgan fingerprint density at radius 2 is 1.82 bits per heavy atom. The molecule has 0 unspecified atom stereocenters. The van der Waals surface area contributed by atoms with Gasteiger partial charge in [0.2, 0.25) is 5.95 Å². The van der Waals surface area contributed by atoms with Gasteiger partial charge in [-0.1, -0.05) is 19.1 Å². The molecule has 0 aliphatic heterocycles. The number of rotatable bonds is 6. The summed E-state index contributed by atoms with van der Waals surface area (Å²) in [6.07, 6.45) is 1.07. The van der Waals surface area contributed by atoms with Gasteiger partial charge in [-0.2, -0.15) is 0 Å². The van der Waals surface area contributed by atoms with E-state index in [2.05, 4.69) is 28.9 Å². The summed E-state index contributed by atoms with van der Waals surface area (Å²) in [7, 11) is 0. The number of anilines is 2. The zero-order chi connectivity index (χ0) is 15.4. The number of aromatic nitrogens is 2. The monoisotopic (exact) mass is 295 g/mol. The van der Waals surface area contributed by atoms with E-state index in [0.29, 0.717) is 6.61 Å². The Hall–Kier alpha value is -2.49. The van der Waals surface area contributed by atoms with Gasteiger partial charge in [0.25, 0.3) is 0 Å². The molecule has 0 radical (unpaired) electrons. The highest BCUT2D eigenvalue weighted by Crippen LogP contribution is 2.24. The molecular weight excluding hydrogens is 274 g/mol. The van der Waals surface area contributed by atoms with Crippen LogP contribution >= 0.6 is 0 Å². The Labute approximate surface area is 130 Å². The SMILES string of the molecule is CCCn1c(Nc2ccc(OCC)cc2)nc2ccccc21. The fourth-order valence-electron chi connectivity index (χ4n) is 2.55. The van der Waals surface area contributed by atoms with E-state index in [0.717, 1.165) is 41.4 Å². The summed E-state index contributed by atoms with van der Waals surface area (Å²) in [6, 6.07) is 16.2. The van der Waals surface area contributed by atoms with E-state index in [1.165, 1.54) is 0 Å². The Morgan fingerprint density at radius 1 is 1.05 bits per heavy atom. The second-order valence-corrected chi connectivity index (χ2v) is 5.16. The second-order valence-electron chi connectivity index (χ2n) is 5.16. The Bertz CT molecular complexity index is 747. The van der Waals surface area contributed by atoms with Gasteiger partial charge in [-0.25, -0.2) is 4.98 Å². The lowest BCUT2D eigenvalue weighted by Gasteiger charge is -2.10. The van der Waals surface area contributed by atoms with Gasteiger partial charge in [0, 0.05) is 12.2 Å². The van der Waals surface area contributed by atoms with E-state index in [1.807, 2.05) is 43.3 Å². The normalized spacial score (nSPS) is 10.8. The molecule has 0 aliphatic rings. The van der Waals surface area contributed by atoms with Crippen LogP contribution in [0.25, 0.3) is 11.0 Å². The fraction of sp³-hybridized carbons (Fsp3) is 0.278. The van der Waals surface area contributed by atoms with Gasteiger partial charge in [-0.15, -0.1) is 0 Å². The summed E-state index contributed by atoms with van der Waals surface area (Å²) in [5, 5.41) is 3.41. The molecule has 114 valence electrons. The van der Waals surface area contributed by atoms with Crippen molar-refractivity contribution in [1.29, 1.82) is 0 Å². The van der Waals surface area contributed by atoms with Gasteiger partial charge in [0.1, 0.15) is 5.75 Å². The molecule has 0 atom stereocenters. The van der Waals surface area contributed by atoms with Crippen molar-refractivity contribution in [2.45, 2.75) is 26.8 Å². The molecule has 0 saturated heterocycles. The average Bonchev–Trinajstić information content (AvgIpc) is 2.88. The third kappa shape index (κ3) is 2.91. The Balaban J connectivity index is 1.90. The molecule has 1 N–H and O–H groups in total. The van der Waals surface area contributed by atoms with Crippen LogP contribution in [0.4, 0.5) is 11.6 Å². The number of nitrogens with zero attached hydrogens (tertiary/aromatic N) is 2. The minimum absolute atomic E-state index is 0.680. The molecule has 0 amide bonds. The molecule has 2 aromatic carbocycles. The maximum Gasteiger partial charge on any atom is 0.208 e. The van der Waals surface area contributed by atoms with Gasteiger partial charge in [-0.05, 0) is 49.7 Å². The van der Waals surface area contributed by atoms with Crippen LogP contribution in [-0.4, -0.2) is 16.2 Å². The van der Waals surface area contributed by atoms with Crippen LogP contribution < -0.4 is 10.1 Å². The standard InChI is InChI=1S/C18H21N3O/c1-3-13-21-17-8-6-5-7-16(17)20-18(21)19-14-9-11-15(12-10-14)22-4-2/h5-12H,3-4,13H2,1-2H3,(H,19,20). The zero-order valence-corrected chi connectivity index (χ0v) is 13.0. The van der Waals surface area contributed by atoms with E-state index in [1.54, 1.807) is 0 Å². The maximum atomic E-state index is 5.47. The zero-order valence-electron chi connectivity index (χ0n) is 13.0. The first-order chi connectivity index (χ1) is 10.8. The molecule has 4 nitrogen and oxygen atoms in total. The van der Waals surface area contributed by atoms with Crippen LogP contribution in [0.2, 0.25) is 0 Å². The first kappa shape index (κ1) is 14.4. The van der Waals surface area contributed by atoms with Gasteiger partial charge in [-0.3, -0.25) is 0 Å². The van der Waals surface area contributed by atoms with E-state index in [-0.39, 0.29) is 0 Å². The van der Waals surface area contributed by atoms with Crippen molar-refractivity contribution in [2.24, 2.45) is 0 Å².